The van der Waals surface area contributed by atoms with Crippen molar-refractivity contribution in [2.75, 3.05) is 0 Å². The molecule has 2 heterocycles. The highest BCUT2D eigenvalue weighted by atomic mass is 16.4. The quantitative estimate of drug-likeness (QED) is 0.583. The molecule has 6 nitrogen and oxygen atoms in total. The molecule has 0 saturated heterocycles. The van der Waals surface area contributed by atoms with Crippen molar-refractivity contribution in [3.63, 3.8) is 0 Å². The van der Waals surface area contributed by atoms with Crippen molar-refractivity contribution in [1.29, 1.82) is 0 Å². The lowest BCUT2D eigenvalue weighted by molar-refractivity contribution is -0.177. The number of carboxylic acid groups (broad SMARTS) is 1. The summed E-state index contributed by atoms with van der Waals surface area (Å²) in [6, 6.07) is 0. The molecule has 0 saturated carbocycles. The largest absolute Gasteiger partial charge is 0.479 e. The fraction of sp³-hybridized carbons (Fsp3) is 0.455. The fourth-order valence-electron chi connectivity index (χ4n) is 2.04. The van der Waals surface area contributed by atoms with Gasteiger partial charge in [-0.25, -0.2) is 9.79 Å². The van der Waals surface area contributed by atoms with Gasteiger partial charge in [0.25, 0.3) is 0 Å². The van der Waals surface area contributed by atoms with E-state index in [1.807, 2.05) is 0 Å². The van der Waals surface area contributed by atoms with Crippen LogP contribution < -0.4 is 0 Å². The first kappa shape index (κ1) is 11.8. The number of carboxylic acids is 1. The van der Waals surface area contributed by atoms with Gasteiger partial charge < -0.3 is 20.2 Å². The zero-order valence-electron chi connectivity index (χ0n) is 9.53. The second kappa shape index (κ2) is 3.41. The number of rotatable bonds is 1. The van der Waals surface area contributed by atoms with Crippen molar-refractivity contribution in [2.45, 2.75) is 31.2 Å². The van der Waals surface area contributed by atoms with Crippen LogP contribution in [-0.4, -0.2) is 49.4 Å². The van der Waals surface area contributed by atoms with E-state index in [1.54, 1.807) is 24.4 Å². The maximum absolute atomic E-state index is 11.2. The molecule has 0 bridgehead atoms. The van der Waals surface area contributed by atoms with E-state index in [4.69, 9.17) is 5.11 Å². The minimum absolute atomic E-state index is 0.313. The highest BCUT2D eigenvalue weighted by Gasteiger charge is 2.56. The zero-order chi connectivity index (χ0) is 12.8. The first-order chi connectivity index (χ1) is 7.80. The molecule has 0 radical (unpaired) electrons. The molecule has 2 rings (SSSR count). The van der Waals surface area contributed by atoms with Gasteiger partial charge in [0.05, 0.1) is 0 Å². The minimum atomic E-state index is -1.76. The molecule has 17 heavy (non-hydrogen) atoms. The number of fused-ring (bicyclic) bond motifs is 1. The molecule has 6 heteroatoms. The Morgan fingerprint density at radius 1 is 1.47 bits per heavy atom. The molecule has 0 fully saturated rings. The minimum Gasteiger partial charge on any atom is -0.479 e. The van der Waals surface area contributed by atoms with Gasteiger partial charge in [0.15, 0.2) is 11.3 Å². The molecule has 0 unspecified atom stereocenters. The van der Waals surface area contributed by atoms with Crippen LogP contribution in [0.5, 0.6) is 0 Å². The monoisotopic (exact) mass is 238 g/mol. The molecule has 0 aromatic heterocycles. The van der Waals surface area contributed by atoms with E-state index >= 15 is 0 Å². The van der Waals surface area contributed by atoms with Crippen LogP contribution in [0.3, 0.4) is 0 Å². The molecule has 0 aliphatic carbocycles. The van der Waals surface area contributed by atoms with Gasteiger partial charge in [-0.05, 0) is 26.0 Å². The third-order valence-corrected chi connectivity index (χ3v) is 3.16. The standard InChI is InChI=1S/C11H14N2O4/c1-10(9(15)16)8(14)11(2,17)13-6-4-3-5-7(13)12-10/h3-6,8,14,17H,1-2H3,(H,15,16)/t8-,10+,11-/m1/s1. The van der Waals surface area contributed by atoms with Gasteiger partial charge in [-0.3, -0.25) is 0 Å². The smallest absolute Gasteiger partial charge is 0.334 e. The zero-order valence-corrected chi connectivity index (χ0v) is 9.53. The van der Waals surface area contributed by atoms with E-state index in [2.05, 4.69) is 4.99 Å². The van der Waals surface area contributed by atoms with Gasteiger partial charge in [0.2, 0.25) is 0 Å². The highest BCUT2D eigenvalue weighted by molar-refractivity contribution is 5.99. The first-order valence-electron chi connectivity index (χ1n) is 5.18. The number of aliphatic hydroxyl groups excluding tert-OH is 1. The predicted octanol–water partition coefficient (Wildman–Crippen LogP) is -0.303. The molecular formula is C11H14N2O4. The SMILES string of the molecule is C[C@]1(C(=O)O)N=C2C=CC=CN2[C@](C)(O)[C@@H]1O. The van der Waals surface area contributed by atoms with E-state index in [0.29, 0.717) is 5.84 Å². The Labute approximate surface area is 98.2 Å². The van der Waals surface area contributed by atoms with Gasteiger partial charge in [-0.2, -0.15) is 0 Å². The Kier molecular flexibility index (Phi) is 2.37. The Bertz CT molecular complexity index is 452. The second-order valence-corrected chi connectivity index (χ2v) is 4.49. The molecule has 2 aliphatic rings. The van der Waals surface area contributed by atoms with Crippen LogP contribution >= 0.6 is 0 Å². The molecule has 3 atom stereocenters. The summed E-state index contributed by atoms with van der Waals surface area (Å²) < 4.78 is 0. The molecule has 0 aromatic carbocycles. The van der Waals surface area contributed by atoms with Crippen molar-refractivity contribution in [3.05, 3.63) is 24.4 Å². The van der Waals surface area contributed by atoms with E-state index in [-0.39, 0.29) is 0 Å². The lowest BCUT2D eigenvalue weighted by atomic mass is 9.85. The summed E-state index contributed by atoms with van der Waals surface area (Å²) in [5.74, 6) is -0.965. The van der Waals surface area contributed by atoms with Crippen LogP contribution in [-0.2, 0) is 4.79 Å². The van der Waals surface area contributed by atoms with Crippen molar-refractivity contribution in [3.8, 4) is 0 Å². The number of aliphatic imine (C=N–C) groups is 1. The van der Waals surface area contributed by atoms with E-state index in [1.165, 1.54) is 18.7 Å². The molecule has 2 aliphatic heterocycles. The summed E-state index contributed by atoms with van der Waals surface area (Å²) >= 11 is 0. The van der Waals surface area contributed by atoms with E-state index in [9.17, 15) is 15.0 Å². The predicted molar refractivity (Wildman–Crippen MR) is 60.2 cm³/mol. The van der Waals surface area contributed by atoms with Crippen LogP contribution in [0, 0.1) is 0 Å². The second-order valence-electron chi connectivity index (χ2n) is 4.49. The van der Waals surface area contributed by atoms with Crippen molar-refractivity contribution in [2.24, 2.45) is 4.99 Å². The molecule has 92 valence electrons. The molecular weight excluding hydrogens is 224 g/mol. The summed E-state index contributed by atoms with van der Waals surface area (Å²) in [6.45, 7) is 2.64. The Morgan fingerprint density at radius 3 is 2.71 bits per heavy atom. The summed E-state index contributed by atoms with van der Waals surface area (Å²) in [4.78, 5) is 16.6. The normalized spacial score (nSPS) is 39.9. The fourth-order valence-corrected chi connectivity index (χ4v) is 2.04. The third kappa shape index (κ3) is 1.49. The molecule has 3 N–H and O–H groups in total. The lowest BCUT2D eigenvalue weighted by Crippen LogP contribution is -2.67. The van der Waals surface area contributed by atoms with Crippen LogP contribution in [0.25, 0.3) is 0 Å². The average Bonchev–Trinajstić information content (AvgIpc) is 2.26. The summed E-state index contributed by atoms with van der Waals surface area (Å²) in [6.07, 6.45) is 4.95. The van der Waals surface area contributed by atoms with Gasteiger partial charge in [-0.1, -0.05) is 6.08 Å². The number of aliphatic hydroxyl groups is 2. The first-order valence-corrected chi connectivity index (χ1v) is 5.18. The van der Waals surface area contributed by atoms with Crippen LogP contribution in [0.2, 0.25) is 0 Å². The van der Waals surface area contributed by atoms with E-state index < -0.39 is 23.3 Å². The topological polar surface area (TPSA) is 93.4 Å². The lowest BCUT2D eigenvalue weighted by Gasteiger charge is -2.48. The summed E-state index contributed by atoms with van der Waals surface area (Å²) in [7, 11) is 0. The highest BCUT2D eigenvalue weighted by Crippen LogP contribution is 2.34. The summed E-state index contributed by atoms with van der Waals surface area (Å²) in [5, 5.41) is 29.4. The van der Waals surface area contributed by atoms with Gasteiger partial charge in [0.1, 0.15) is 11.9 Å². The average molecular weight is 238 g/mol. The number of aliphatic carboxylic acids is 1. The number of carbonyl (C=O) groups is 1. The number of hydrogen-bond donors (Lipinski definition) is 3. The van der Waals surface area contributed by atoms with Crippen LogP contribution in [0.15, 0.2) is 29.4 Å². The maximum atomic E-state index is 11.2. The van der Waals surface area contributed by atoms with Gasteiger partial charge >= 0.3 is 5.97 Å². The number of hydrogen-bond acceptors (Lipinski definition) is 5. The Balaban J connectivity index is 2.59. The van der Waals surface area contributed by atoms with Gasteiger partial charge in [0, 0.05) is 6.20 Å². The van der Waals surface area contributed by atoms with Crippen molar-refractivity contribution in [1.82, 2.24) is 4.90 Å². The third-order valence-electron chi connectivity index (χ3n) is 3.16. The molecule has 0 amide bonds. The number of nitrogens with zero attached hydrogens (tertiary/aromatic N) is 2. The molecule has 0 spiro atoms. The Hall–Kier alpha value is -1.66. The number of amidine groups is 1. The summed E-state index contributed by atoms with van der Waals surface area (Å²) in [5.41, 5.74) is -3.48. The van der Waals surface area contributed by atoms with Crippen molar-refractivity contribution >= 4 is 11.8 Å². The van der Waals surface area contributed by atoms with Crippen molar-refractivity contribution < 1.29 is 20.1 Å². The van der Waals surface area contributed by atoms with Gasteiger partial charge in [-0.15, -0.1) is 0 Å². The maximum Gasteiger partial charge on any atom is 0.334 e. The van der Waals surface area contributed by atoms with Crippen LogP contribution in [0.4, 0.5) is 0 Å². The Morgan fingerprint density at radius 2 is 2.12 bits per heavy atom. The number of allylic oxidation sites excluding steroid dienone is 2. The van der Waals surface area contributed by atoms with E-state index in [0.717, 1.165) is 0 Å². The van der Waals surface area contributed by atoms with Crippen LogP contribution in [0.1, 0.15) is 13.8 Å². The molecule has 0 aromatic rings.